The molecule has 1 aromatic heterocycles. The predicted molar refractivity (Wildman–Crippen MR) is 61.8 cm³/mol. The third-order valence-corrected chi connectivity index (χ3v) is 3.32. The summed E-state index contributed by atoms with van der Waals surface area (Å²) < 4.78 is 39.1. The molecule has 1 atom stereocenters. The van der Waals surface area contributed by atoms with Crippen molar-refractivity contribution in [3.05, 3.63) is 11.6 Å². The zero-order valence-electron chi connectivity index (χ0n) is 10.9. The second kappa shape index (κ2) is 5.39. The van der Waals surface area contributed by atoms with E-state index in [2.05, 4.69) is 10.2 Å². The molecule has 0 spiro atoms. The summed E-state index contributed by atoms with van der Waals surface area (Å²) in [5.74, 6) is -1.82. The second-order valence-corrected chi connectivity index (χ2v) is 4.70. The van der Waals surface area contributed by atoms with Crippen LogP contribution in [-0.2, 0) is 24.1 Å². The fourth-order valence-electron chi connectivity index (χ4n) is 2.39. The maximum absolute atomic E-state index is 12.7. The first-order chi connectivity index (χ1) is 9.34. The van der Waals surface area contributed by atoms with Gasteiger partial charge in [-0.05, 0) is 6.42 Å². The van der Waals surface area contributed by atoms with Crippen LogP contribution in [0.5, 0.6) is 0 Å². The van der Waals surface area contributed by atoms with Crippen LogP contribution in [0, 0.1) is 0 Å². The Hall–Kier alpha value is -1.64. The van der Waals surface area contributed by atoms with Gasteiger partial charge in [-0.2, -0.15) is 13.2 Å². The van der Waals surface area contributed by atoms with E-state index in [4.69, 9.17) is 0 Å². The van der Waals surface area contributed by atoms with Crippen LogP contribution in [-0.4, -0.2) is 43.3 Å². The van der Waals surface area contributed by atoms with Gasteiger partial charge in [-0.15, -0.1) is 10.2 Å². The number of carboxylic acids is 1. The summed E-state index contributed by atoms with van der Waals surface area (Å²) in [6.45, 7) is 2.22. The van der Waals surface area contributed by atoms with Gasteiger partial charge in [0.1, 0.15) is 11.9 Å². The molecule has 0 saturated heterocycles. The van der Waals surface area contributed by atoms with Gasteiger partial charge in [0, 0.05) is 13.1 Å². The van der Waals surface area contributed by atoms with Crippen LogP contribution in [0.2, 0.25) is 0 Å². The average Bonchev–Trinajstić information content (AvgIpc) is 2.77. The summed E-state index contributed by atoms with van der Waals surface area (Å²) in [4.78, 5) is 12.8. The maximum Gasteiger partial charge on any atom is 0.451 e. The van der Waals surface area contributed by atoms with E-state index in [1.54, 1.807) is 4.90 Å². The van der Waals surface area contributed by atoms with Gasteiger partial charge in [-0.25, -0.2) is 0 Å². The minimum atomic E-state index is -4.54. The van der Waals surface area contributed by atoms with Crippen molar-refractivity contribution in [2.24, 2.45) is 0 Å². The lowest BCUT2D eigenvalue weighted by Crippen LogP contribution is -2.45. The highest BCUT2D eigenvalue weighted by Gasteiger charge is 2.40. The first-order valence-electron chi connectivity index (χ1n) is 6.30. The highest BCUT2D eigenvalue weighted by molar-refractivity contribution is 5.73. The van der Waals surface area contributed by atoms with Crippen LogP contribution in [0.25, 0.3) is 0 Å². The molecule has 2 rings (SSSR count). The van der Waals surface area contributed by atoms with Crippen LogP contribution in [0.15, 0.2) is 0 Å². The smallest absolute Gasteiger partial charge is 0.451 e. The molecule has 0 saturated carbocycles. The van der Waals surface area contributed by atoms with Crippen molar-refractivity contribution in [3.8, 4) is 0 Å². The summed E-state index contributed by atoms with van der Waals surface area (Å²) >= 11 is 0. The van der Waals surface area contributed by atoms with Crippen molar-refractivity contribution >= 4 is 5.97 Å². The third kappa shape index (κ3) is 2.77. The average molecular weight is 292 g/mol. The molecule has 1 N–H and O–H groups in total. The van der Waals surface area contributed by atoms with E-state index in [-0.39, 0.29) is 25.5 Å². The van der Waals surface area contributed by atoms with E-state index in [1.807, 2.05) is 6.92 Å². The van der Waals surface area contributed by atoms with Crippen LogP contribution in [0.3, 0.4) is 0 Å². The Bertz CT molecular complexity index is 500. The lowest BCUT2D eigenvalue weighted by atomic mass is 10.1. The van der Waals surface area contributed by atoms with Crippen LogP contribution in [0.1, 0.15) is 31.4 Å². The summed E-state index contributed by atoms with van der Waals surface area (Å²) in [5.41, 5.74) is 0. The summed E-state index contributed by atoms with van der Waals surface area (Å²) in [6, 6.07) is -0.695. The Labute approximate surface area is 113 Å². The summed E-state index contributed by atoms with van der Waals surface area (Å²) in [5, 5.41) is 15.9. The standard InChI is InChI=1S/C11H15F3N4O2/c1-2-3-7(9(19)20)17-4-5-18-8(6-17)15-16-10(18)11(12,13)14/h7H,2-6H2,1H3,(H,19,20). The molecule has 112 valence electrons. The molecule has 0 aliphatic carbocycles. The predicted octanol–water partition coefficient (Wildman–Crippen LogP) is 1.37. The van der Waals surface area contributed by atoms with Gasteiger partial charge >= 0.3 is 12.1 Å². The molecule has 0 fully saturated rings. The summed E-state index contributed by atoms with van der Waals surface area (Å²) in [6.07, 6.45) is -3.40. The van der Waals surface area contributed by atoms with Crippen LogP contribution in [0.4, 0.5) is 13.2 Å². The number of halogens is 3. The second-order valence-electron chi connectivity index (χ2n) is 4.70. The van der Waals surface area contributed by atoms with Crippen molar-refractivity contribution in [1.82, 2.24) is 19.7 Å². The molecule has 1 aromatic rings. The van der Waals surface area contributed by atoms with Gasteiger partial charge in [0.25, 0.3) is 0 Å². The minimum Gasteiger partial charge on any atom is -0.480 e. The Morgan fingerprint density at radius 3 is 2.65 bits per heavy atom. The molecular formula is C11H15F3N4O2. The molecule has 0 radical (unpaired) electrons. The first kappa shape index (κ1) is 14.8. The fourth-order valence-corrected chi connectivity index (χ4v) is 2.39. The number of rotatable bonds is 4. The van der Waals surface area contributed by atoms with E-state index in [0.29, 0.717) is 12.8 Å². The van der Waals surface area contributed by atoms with Gasteiger partial charge in [-0.1, -0.05) is 13.3 Å². The van der Waals surface area contributed by atoms with Gasteiger partial charge in [-0.3, -0.25) is 9.69 Å². The molecule has 20 heavy (non-hydrogen) atoms. The molecule has 0 amide bonds. The molecule has 2 heterocycles. The van der Waals surface area contributed by atoms with Crippen LogP contribution >= 0.6 is 0 Å². The van der Waals surface area contributed by atoms with E-state index in [9.17, 15) is 23.1 Å². The monoisotopic (exact) mass is 292 g/mol. The normalized spacial score (nSPS) is 17.8. The Kier molecular flexibility index (Phi) is 3.98. The SMILES string of the molecule is CCCC(C(=O)O)N1CCn2c(nnc2C(F)(F)F)C1. The number of aromatic nitrogens is 3. The lowest BCUT2D eigenvalue weighted by Gasteiger charge is -2.32. The fraction of sp³-hybridized carbons (Fsp3) is 0.727. The molecule has 0 aromatic carbocycles. The number of nitrogens with zero attached hydrogens (tertiary/aromatic N) is 4. The quantitative estimate of drug-likeness (QED) is 0.907. The number of fused-ring (bicyclic) bond motifs is 1. The van der Waals surface area contributed by atoms with E-state index >= 15 is 0 Å². The Morgan fingerprint density at radius 2 is 2.10 bits per heavy atom. The van der Waals surface area contributed by atoms with Crippen molar-refractivity contribution in [1.29, 1.82) is 0 Å². The number of hydrogen-bond donors (Lipinski definition) is 1. The highest BCUT2D eigenvalue weighted by Crippen LogP contribution is 2.29. The van der Waals surface area contributed by atoms with Gasteiger partial charge in [0.05, 0.1) is 6.54 Å². The molecule has 6 nitrogen and oxygen atoms in total. The molecule has 1 unspecified atom stereocenters. The van der Waals surface area contributed by atoms with Gasteiger partial charge in [0.2, 0.25) is 5.82 Å². The highest BCUT2D eigenvalue weighted by atomic mass is 19.4. The maximum atomic E-state index is 12.7. The van der Waals surface area contributed by atoms with E-state index < -0.39 is 24.0 Å². The largest absolute Gasteiger partial charge is 0.480 e. The molecule has 1 aliphatic heterocycles. The summed E-state index contributed by atoms with van der Waals surface area (Å²) in [7, 11) is 0. The van der Waals surface area contributed by atoms with Crippen molar-refractivity contribution < 1.29 is 23.1 Å². The zero-order chi connectivity index (χ0) is 14.9. The molecule has 1 aliphatic rings. The van der Waals surface area contributed by atoms with E-state index in [0.717, 1.165) is 4.57 Å². The van der Waals surface area contributed by atoms with E-state index in [1.165, 1.54) is 0 Å². The topological polar surface area (TPSA) is 71.2 Å². The Balaban J connectivity index is 2.20. The molecular weight excluding hydrogens is 277 g/mol. The zero-order valence-corrected chi connectivity index (χ0v) is 10.9. The molecule has 9 heteroatoms. The van der Waals surface area contributed by atoms with Crippen LogP contribution < -0.4 is 0 Å². The van der Waals surface area contributed by atoms with Gasteiger partial charge in [0.15, 0.2) is 0 Å². The number of carboxylic acid groups (broad SMARTS) is 1. The molecule has 0 bridgehead atoms. The number of aliphatic carboxylic acids is 1. The Morgan fingerprint density at radius 1 is 1.40 bits per heavy atom. The van der Waals surface area contributed by atoms with Crippen molar-refractivity contribution in [3.63, 3.8) is 0 Å². The number of hydrogen-bond acceptors (Lipinski definition) is 4. The third-order valence-electron chi connectivity index (χ3n) is 3.32. The first-order valence-corrected chi connectivity index (χ1v) is 6.30. The number of carbonyl (C=O) groups is 1. The van der Waals surface area contributed by atoms with Gasteiger partial charge < -0.3 is 9.67 Å². The van der Waals surface area contributed by atoms with Crippen molar-refractivity contribution in [2.75, 3.05) is 6.54 Å². The minimum absolute atomic E-state index is 0.0463. The number of alkyl halides is 3. The van der Waals surface area contributed by atoms with Crippen molar-refractivity contribution in [2.45, 2.75) is 45.1 Å². The lowest BCUT2D eigenvalue weighted by molar-refractivity contribution is -0.149.